The fraction of sp³-hybridized carbons (Fsp3) is 0.643. The lowest BCUT2D eigenvalue weighted by Gasteiger charge is -2.26. The first-order valence-electron chi connectivity index (χ1n) is 7.16. The molecule has 0 fully saturated rings. The molecule has 0 atom stereocenters. The SMILES string of the molecule is COCCN(CC(C)C)C(=O)CN(C)S(=O)(=O)c1ccc(Cl)s1. The van der Waals surface area contributed by atoms with Crippen LogP contribution in [0, 0.1) is 5.92 Å². The highest BCUT2D eigenvalue weighted by atomic mass is 35.5. The van der Waals surface area contributed by atoms with Gasteiger partial charge in [0.1, 0.15) is 4.21 Å². The van der Waals surface area contributed by atoms with E-state index in [1.807, 2.05) is 13.8 Å². The van der Waals surface area contributed by atoms with E-state index in [4.69, 9.17) is 16.3 Å². The summed E-state index contributed by atoms with van der Waals surface area (Å²) < 4.78 is 31.4. The van der Waals surface area contributed by atoms with Gasteiger partial charge in [0.15, 0.2) is 0 Å². The number of methoxy groups -OCH3 is 1. The summed E-state index contributed by atoms with van der Waals surface area (Å²) in [6, 6.07) is 2.97. The maximum absolute atomic E-state index is 12.4. The second-order valence-electron chi connectivity index (χ2n) is 5.55. The number of ether oxygens (including phenoxy) is 1. The van der Waals surface area contributed by atoms with Gasteiger partial charge in [-0.15, -0.1) is 11.3 Å². The molecule has 0 saturated heterocycles. The van der Waals surface area contributed by atoms with Gasteiger partial charge in [-0.2, -0.15) is 4.31 Å². The van der Waals surface area contributed by atoms with Gasteiger partial charge in [-0.25, -0.2) is 8.42 Å². The Kier molecular flexibility index (Phi) is 7.96. The molecule has 0 N–H and O–H groups in total. The van der Waals surface area contributed by atoms with Crippen LogP contribution in [0.1, 0.15) is 13.8 Å². The van der Waals surface area contributed by atoms with Crippen LogP contribution < -0.4 is 0 Å². The first kappa shape index (κ1) is 20.4. The van der Waals surface area contributed by atoms with Gasteiger partial charge in [-0.1, -0.05) is 25.4 Å². The van der Waals surface area contributed by atoms with Crippen molar-refractivity contribution in [2.45, 2.75) is 18.1 Å². The molecule has 0 spiro atoms. The van der Waals surface area contributed by atoms with Crippen molar-refractivity contribution >= 4 is 38.9 Å². The third kappa shape index (κ3) is 6.04. The minimum atomic E-state index is -3.71. The van der Waals surface area contributed by atoms with E-state index in [1.165, 1.54) is 19.2 Å². The highest BCUT2D eigenvalue weighted by Gasteiger charge is 2.26. The van der Waals surface area contributed by atoms with Crippen LogP contribution in [0.3, 0.4) is 0 Å². The number of carbonyl (C=O) groups excluding carboxylic acids is 1. The first-order valence-corrected chi connectivity index (χ1v) is 9.80. The third-order valence-electron chi connectivity index (χ3n) is 3.07. The van der Waals surface area contributed by atoms with Gasteiger partial charge >= 0.3 is 0 Å². The number of thiophene rings is 1. The Balaban J connectivity index is 2.80. The molecule has 132 valence electrons. The summed E-state index contributed by atoms with van der Waals surface area (Å²) in [5, 5.41) is 0. The average Bonchev–Trinajstić information content (AvgIpc) is 2.90. The zero-order chi connectivity index (χ0) is 17.6. The van der Waals surface area contributed by atoms with Crippen molar-refractivity contribution in [3.63, 3.8) is 0 Å². The van der Waals surface area contributed by atoms with E-state index in [9.17, 15) is 13.2 Å². The summed E-state index contributed by atoms with van der Waals surface area (Å²) in [7, 11) is -0.749. The number of hydrogen-bond donors (Lipinski definition) is 0. The Morgan fingerprint density at radius 3 is 2.52 bits per heavy atom. The quantitative estimate of drug-likeness (QED) is 0.656. The summed E-state index contributed by atoms with van der Waals surface area (Å²) in [6.45, 7) is 5.19. The van der Waals surface area contributed by atoms with Gasteiger partial charge < -0.3 is 9.64 Å². The molecule has 1 rings (SSSR count). The maximum Gasteiger partial charge on any atom is 0.252 e. The summed E-state index contributed by atoms with van der Waals surface area (Å²) >= 11 is 6.76. The topological polar surface area (TPSA) is 66.9 Å². The van der Waals surface area contributed by atoms with Gasteiger partial charge in [0.2, 0.25) is 5.91 Å². The molecule has 1 amide bonds. The molecule has 1 aromatic heterocycles. The molecule has 9 heteroatoms. The molecule has 0 aliphatic carbocycles. The van der Waals surface area contributed by atoms with Crippen molar-refractivity contribution in [3.8, 4) is 0 Å². The van der Waals surface area contributed by atoms with Crippen LogP contribution in [-0.4, -0.2) is 63.9 Å². The van der Waals surface area contributed by atoms with Gasteiger partial charge in [-0.3, -0.25) is 4.79 Å². The number of carbonyl (C=O) groups is 1. The smallest absolute Gasteiger partial charge is 0.252 e. The number of hydrogen-bond acceptors (Lipinski definition) is 5. The molecule has 0 saturated carbocycles. The van der Waals surface area contributed by atoms with Crippen LogP contribution in [0.15, 0.2) is 16.3 Å². The lowest BCUT2D eigenvalue weighted by Crippen LogP contribution is -2.43. The molecule has 0 aromatic carbocycles. The minimum Gasteiger partial charge on any atom is -0.383 e. The van der Waals surface area contributed by atoms with Crippen molar-refractivity contribution < 1.29 is 17.9 Å². The van der Waals surface area contributed by atoms with Crippen molar-refractivity contribution in [2.75, 3.05) is 40.4 Å². The Hall–Kier alpha value is -0.670. The molecule has 6 nitrogen and oxygen atoms in total. The Bertz CT molecular complexity index is 616. The predicted molar refractivity (Wildman–Crippen MR) is 92.4 cm³/mol. The van der Waals surface area contributed by atoms with Crippen LogP contribution in [-0.2, 0) is 19.6 Å². The van der Waals surface area contributed by atoms with Crippen LogP contribution in [0.2, 0.25) is 4.34 Å². The number of likely N-dealkylation sites (N-methyl/N-ethyl adjacent to an activating group) is 1. The molecule has 0 aliphatic heterocycles. The molecular weight excluding hydrogens is 360 g/mol. The van der Waals surface area contributed by atoms with E-state index in [0.29, 0.717) is 24.0 Å². The Labute approximate surface area is 147 Å². The first-order chi connectivity index (χ1) is 10.7. The van der Waals surface area contributed by atoms with Crippen LogP contribution in [0.4, 0.5) is 0 Å². The maximum atomic E-state index is 12.4. The van der Waals surface area contributed by atoms with Crippen molar-refractivity contribution in [2.24, 2.45) is 5.92 Å². The lowest BCUT2D eigenvalue weighted by atomic mass is 10.2. The van der Waals surface area contributed by atoms with E-state index >= 15 is 0 Å². The van der Waals surface area contributed by atoms with E-state index < -0.39 is 10.0 Å². The number of halogens is 1. The third-order valence-corrected chi connectivity index (χ3v) is 6.58. The predicted octanol–water partition coefficient (Wildman–Crippen LogP) is 2.15. The zero-order valence-electron chi connectivity index (χ0n) is 13.8. The second kappa shape index (κ2) is 8.98. The fourth-order valence-electron chi connectivity index (χ4n) is 1.93. The van der Waals surface area contributed by atoms with Crippen molar-refractivity contribution in [1.29, 1.82) is 0 Å². The average molecular weight is 383 g/mol. The summed E-state index contributed by atoms with van der Waals surface area (Å²) in [5.41, 5.74) is 0. The minimum absolute atomic E-state index is 0.130. The molecule has 0 unspecified atom stereocenters. The van der Waals surface area contributed by atoms with Crippen LogP contribution in [0.25, 0.3) is 0 Å². The lowest BCUT2D eigenvalue weighted by molar-refractivity contribution is -0.132. The van der Waals surface area contributed by atoms with E-state index in [0.717, 1.165) is 15.6 Å². The number of sulfonamides is 1. The number of rotatable bonds is 9. The summed E-state index contributed by atoms with van der Waals surface area (Å²) in [6.07, 6.45) is 0. The molecule has 1 aromatic rings. The molecule has 0 radical (unpaired) electrons. The number of amides is 1. The molecule has 0 aliphatic rings. The van der Waals surface area contributed by atoms with Crippen molar-refractivity contribution in [3.05, 3.63) is 16.5 Å². The molecule has 1 heterocycles. The monoisotopic (exact) mass is 382 g/mol. The molecule has 23 heavy (non-hydrogen) atoms. The van der Waals surface area contributed by atoms with Crippen LogP contribution in [0.5, 0.6) is 0 Å². The normalized spacial score (nSPS) is 12.1. The van der Waals surface area contributed by atoms with E-state index in [-0.39, 0.29) is 22.6 Å². The van der Waals surface area contributed by atoms with Gasteiger partial charge in [0, 0.05) is 27.2 Å². The zero-order valence-corrected chi connectivity index (χ0v) is 16.2. The molecular formula is C14H23ClN2O4S2. The highest BCUT2D eigenvalue weighted by molar-refractivity contribution is 7.91. The number of nitrogens with zero attached hydrogens (tertiary/aromatic N) is 2. The Morgan fingerprint density at radius 1 is 1.39 bits per heavy atom. The standard InChI is InChI=1S/C14H23ClN2O4S2/c1-11(2)9-17(7-8-21-4)13(18)10-16(3)23(19,20)14-6-5-12(15)22-14/h5-6,11H,7-10H2,1-4H3. The summed E-state index contributed by atoms with van der Waals surface area (Å²) in [5.74, 6) is 0.0401. The van der Waals surface area contributed by atoms with E-state index in [1.54, 1.807) is 12.0 Å². The van der Waals surface area contributed by atoms with E-state index in [2.05, 4.69) is 0 Å². The highest BCUT2D eigenvalue weighted by Crippen LogP contribution is 2.27. The second-order valence-corrected chi connectivity index (χ2v) is 9.53. The van der Waals surface area contributed by atoms with Gasteiger partial charge in [0.05, 0.1) is 17.5 Å². The van der Waals surface area contributed by atoms with Gasteiger partial charge in [-0.05, 0) is 18.1 Å². The molecule has 0 bridgehead atoms. The van der Waals surface area contributed by atoms with Crippen molar-refractivity contribution in [1.82, 2.24) is 9.21 Å². The summed E-state index contributed by atoms with van der Waals surface area (Å²) in [4.78, 5) is 14.0. The Morgan fingerprint density at radius 2 is 2.04 bits per heavy atom. The largest absolute Gasteiger partial charge is 0.383 e. The van der Waals surface area contributed by atoms with Gasteiger partial charge in [0.25, 0.3) is 10.0 Å². The fourth-order valence-corrected chi connectivity index (χ4v) is 4.74. The van der Waals surface area contributed by atoms with Crippen LogP contribution >= 0.6 is 22.9 Å².